The Kier molecular flexibility index (Phi) is 5.05. The molecule has 0 spiro atoms. The average molecular weight is 342 g/mol. The normalized spacial score (nSPS) is 10.3. The molecule has 19 heavy (non-hydrogen) atoms. The van der Waals surface area contributed by atoms with Gasteiger partial charge < -0.3 is 10.1 Å². The number of nitrogens with one attached hydrogen (secondary N) is 1. The standard InChI is InChI=1S/C14H14BrClN2O/c1-2-19-14-6-4-11(16)7-13(14)18-9-12-5-3-10(15)8-17-12/h3-8,18H,2,9H2,1H3. The van der Waals surface area contributed by atoms with Gasteiger partial charge in [0, 0.05) is 15.7 Å². The van der Waals surface area contributed by atoms with Crippen LogP contribution in [0.15, 0.2) is 41.0 Å². The van der Waals surface area contributed by atoms with Crippen LogP contribution >= 0.6 is 27.5 Å². The summed E-state index contributed by atoms with van der Waals surface area (Å²) < 4.78 is 6.52. The largest absolute Gasteiger partial charge is 0.492 e. The van der Waals surface area contributed by atoms with E-state index < -0.39 is 0 Å². The predicted molar refractivity (Wildman–Crippen MR) is 81.9 cm³/mol. The summed E-state index contributed by atoms with van der Waals surface area (Å²) in [7, 11) is 0. The molecule has 1 aromatic carbocycles. The van der Waals surface area contributed by atoms with Gasteiger partial charge in [0.05, 0.1) is 24.5 Å². The highest BCUT2D eigenvalue weighted by molar-refractivity contribution is 9.10. The lowest BCUT2D eigenvalue weighted by Crippen LogP contribution is -2.04. The second kappa shape index (κ2) is 6.78. The maximum absolute atomic E-state index is 6.00. The smallest absolute Gasteiger partial charge is 0.142 e. The molecule has 1 aromatic heterocycles. The van der Waals surface area contributed by atoms with Crippen molar-refractivity contribution in [2.45, 2.75) is 13.5 Å². The van der Waals surface area contributed by atoms with Gasteiger partial charge in [-0.25, -0.2) is 0 Å². The van der Waals surface area contributed by atoms with Gasteiger partial charge in [0.1, 0.15) is 5.75 Å². The topological polar surface area (TPSA) is 34.1 Å². The Morgan fingerprint density at radius 3 is 2.84 bits per heavy atom. The molecule has 2 aromatic rings. The summed E-state index contributed by atoms with van der Waals surface area (Å²) in [5.41, 5.74) is 1.82. The Bertz CT molecular complexity index is 546. The van der Waals surface area contributed by atoms with Gasteiger partial charge in [-0.3, -0.25) is 4.98 Å². The number of ether oxygens (including phenoxy) is 1. The van der Waals surface area contributed by atoms with Crippen molar-refractivity contribution >= 4 is 33.2 Å². The molecule has 100 valence electrons. The molecule has 0 radical (unpaired) electrons. The zero-order valence-electron chi connectivity index (χ0n) is 10.5. The van der Waals surface area contributed by atoms with E-state index in [1.54, 1.807) is 6.20 Å². The number of pyridine rings is 1. The Balaban J connectivity index is 2.09. The lowest BCUT2D eigenvalue weighted by molar-refractivity contribution is 0.341. The van der Waals surface area contributed by atoms with Crippen LogP contribution in [0.3, 0.4) is 0 Å². The molecule has 0 saturated heterocycles. The molecule has 0 aliphatic heterocycles. The van der Waals surface area contributed by atoms with E-state index in [4.69, 9.17) is 16.3 Å². The predicted octanol–water partition coefficient (Wildman–Crippen LogP) is 4.51. The molecular formula is C14H14BrClN2O. The summed E-state index contributed by atoms with van der Waals surface area (Å²) in [6.45, 7) is 3.19. The molecule has 5 heteroatoms. The molecule has 0 saturated carbocycles. The van der Waals surface area contributed by atoms with Crippen LogP contribution in [0.1, 0.15) is 12.6 Å². The molecule has 0 bridgehead atoms. The first kappa shape index (κ1) is 14.2. The molecule has 0 unspecified atom stereocenters. The van der Waals surface area contributed by atoms with E-state index in [9.17, 15) is 0 Å². The first-order chi connectivity index (χ1) is 9.19. The highest BCUT2D eigenvalue weighted by atomic mass is 79.9. The molecule has 2 rings (SSSR count). The molecular weight excluding hydrogens is 328 g/mol. The van der Waals surface area contributed by atoms with Crippen LogP contribution in [-0.2, 0) is 6.54 Å². The SMILES string of the molecule is CCOc1ccc(Cl)cc1NCc1ccc(Br)cn1. The van der Waals surface area contributed by atoms with Crippen LogP contribution in [-0.4, -0.2) is 11.6 Å². The molecule has 1 N–H and O–H groups in total. The van der Waals surface area contributed by atoms with Gasteiger partial charge in [-0.05, 0) is 53.2 Å². The van der Waals surface area contributed by atoms with Gasteiger partial charge in [-0.2, -0.15) is 0 Å². The monoisotopic (exact) mass is 340 g/mol. The van der Waals surface area contributed by atoms with Crippen molar-refractivity contribution in [2.24, 2.45) is 0 Å². The first-order valence-electron chi connectivity index (χ1n) is 5.95. The quantitative estimate of drug-likeness (QED) is 0.869. The van der Waals surface area contributed by atoms with Crippen molar-refractivity contribution in [3.8, 4) is 5.75 Å². The summed E-state index contributed by atoms with van der Waals surface area (Å²) in [4.78, 5) is 4.31. The number of halogens is 2. The lowest BCUT2D eigenvalue weighted by Gasteiger charge is -2.12. The van der Waals surface area contributed by atoms with E-state index in [2.05, 4.69) is 26.2 Å². The fourth-order valence-corrected chi connectivity index (χ4v) is 2.03. The van der Waals surface area contributed by atoms with Crippen molar-refractivity contribution in [3.05, 3.63) is 51.7 Å². The maximum atomic E-state index is 6.00. The molecule has 1 heterocycles. The minimum atomic E-state index is 0.618. The van der Waals surface area contributed by atoms with Gasteiger partial charge in [-0.1, -0.05) is 11.6 Å². The number of aromatic nitrogens is 1. The van der Waals surface area contributed by atoms with Crippen molar-refractivity contribution in [3.63, 3.8) is 0 Å². The summed E-state index contributed by atoms with van der Waals surface area (Å²) in [6.07, 6.45) is 1.78. The van der Waals surface area contributed by atoms with Crippen LogP contribution in [0.4, 0.5) is 5.69 Å². The van der Waals surface area contributed by atoms with E-state index in [0.29, 0.717) is 18.2 Å². The van der Waals surface area contributed by atoms with Crippen molar-refractivity contribution in [2.75, 3.05) is 11.9 Å². The third-order valence-electron chi connectivity index (χ3n) is 2.49. The number of anilines is 1. The van der Waals surface area contributed by atoms with E-state index in [1.807, 2.05) is 37.3 Å². The van der Waals surface area contributed by atoms with Gasteiger partial charge in [-0.15, -0.1) is 0 Å². The number of hydrogen-bond acceptors (Lipinski definition) is 3. The van der Waals surface area contributed by atoms with Gasteiger partial charge in [0.25, 0.3) is 0 Å². The summed E-state index contributed by atoms with van der Waals surface area (Å²) in [5.74, 6) is 0.795. The number of nitrogens with zero attached hydrogens (tertiary/aromatic N) is 1. The Labute approximate surface area is 126 Å². The van der Waals surface area contributed by atoms with E-state index in [1.165, 1.54) is 0 Å². The Hall–Kier alpha value is -1.26. The number of rotatable bonds is 5. The Morgan fingerprint density at radius 2 is 2.16 bits per heavy atom. The second-order valence-electron chi connectivity index (χ2n) is 3.89. The molecule has 0 fully saturated rings. The van der Waals surface area contributed by atoms with Crippen LogP contribution in [0.2, 0.25) is 5.02 Å². The van der Waals surface area contributed by atoms with E-state index in [-0.39, 0.29) is 0 Å². The zero-order chi connectivity index (χ0) is 13.7. The van der Waals surface area contributed by atoms with Crippen molar-refractivity contribution in [1.82, 2.24) is 4.98 Å². The summed E-state index contributed by atoms with van der Waals surface area (Å²) in [6, 6.07) is 9.46. The highest BCUT2D eigenvalue weighted by Gasteiger charge is 2.04. The number of hydrogen-bond donors (Lipinski definition) is 1. The van der Waals surface area contributed by atoms with Crippen molar-refractivity contribution in [1.29, 1.82) is 0 Å². The van der Waals surface area contributed by atoms with Gasteiger partial charge >= 0.3 is 0 Å². The molecule has 0 aliphatic rings. The van der Waals surface area contributed by atoms with Crippen LogP contribution in [0.25, 0.3) is 0 Å². The van der Waals surface area contributed by atoms with Crippen molar-refractivity contribution < 1.29 is 4.74 Å². The molecule has 0 amide bonds. The average Bonchev–Trinajstić information content (AvgIpc) is 2.41. The highest BCUT2D eigenvalue weighted by Crippen LogP contribution is 2.28. The minimum absolute atomic E-state index is 0.618. The summed E-state index contributed by atoms with van der Waals surface area (Å²) in [5, 5.41) is 3.96. The first-order valence-corrected chi connectivity index (χ1v) is 7.13. The van der Waals surface area contributed by atoms with Crippen LogP contribution < -0.4 is 10.1 Å². The van der Waals surface area contributed by atoms with Gasteiger partial charge in [0.15, 0.2) is 0 Å². The fourth-order valence-electron chi connectivity index (χ4n) is 1.62. The second-order valence-corrected chi connectivity index (χ2v) is 5.25. The third kappa shape index (κ3) is 4.11. The van der Waals surface area contributed by atoms with E-state index in [0.717, 1.165) is 21.6 Å². The van der Waals surface area contributed by atoms with Crippen LogP contribution in [0.5, 0.6) is 5.75 Å². The minimum Gasteiger partial charge on any atom is -0.492 e. The molecule has 0 atom stereocenters. The lowest BCUT2D eigenvalue weighted by atomic mass is 10.2. The van der Waals surface area contributed by atoms with Crippen LogP contribution in [0, 0.1) is 0 Å². The van der Waals surface area contributed by atoms with E-state index >= 15 is 0 Å². The van der Waals surface area contributed by atoms with Gasteiger partial charge in [0.2, 0.25) is 0 Å². The summed E-state index contributed by atoms with van der Waals surface area (Å²) >= 11 is 9.36. The molecule has 0 aliphatic carbocycles. The molecule has 3 nitrogen and oxygen atoms in total. The maximum Gasteiger partial charge on any atom is 0.142 e. The fraction of sp³-hybridized carbons (Fsp3) is 0.214. The Morgan fingerprint density at radius 1 is 1.32 bits per heavy atom. The zero-order valence-corrected chi connectivity index (χ0v) is 12.8. The number of benzene rings is 1. The third-order valence-corrected chi connectivity index (χ3v) is 3.19.